The van der Waals surface area contributed by atoms with Crippen LogP contribution in [0.5, 0.6) is 0 Å². The van der Waals surface area contributed by atoms with Crippen LogP contribution in [-0.4, -0.2) is 29.6 Å². The molecule has 2 aliphatic rings. The van der Waals surface area contributed by atoms with Crippen molar-refractivity contribution < 1.29 is 4.79 Å². The number of carbonyl (C=O) groups is 1. The van der Waals surface area contributed by atoms with Gasteiger partial charge in [0.25, 0.3) is 0 Å². The molecule has 4 unspecified atom stereocenters. The van der Waals surface area contributed by atoms with Crippen molar-refractivity contribution >= 4 is 5.91 Å². The van der Waals surface area contributed by atoms with Crippen molar-refractivity contribution in [2.45, 2.75) is 45.7 Å². The molecule has 0 radical (unpaired) electrons. The largest absolute Gasteiger partial charge is 0.325 e. The molecule has 1 heterocycles. The van der Waals surface area contributed by atoms with Crippen molar-refractivity contribution in [3.05, 3.63) is 0 Å². The fourth-order valence-corrected chi connectivity index (χ4v) is 2.24. The summed E-state index contributed by atoms with van der Waals surface area (Å²) in [4.78, 5) is 14.0. The quantitative estimate of drug-likeness (QED) is 0.735. The molecule has 0 spiro atoms. The molecule has 0 aromatic rings. The summed E-state index contributed by atoms with van der Waals surface area (Å²) < 4.78 is 0. The molecule has 1 saturated heterocycles. The predicted octanol–water partition coefficient (Wildman–Crippen LogP) is 1.20. The van der Waals surface area contributed by atoms with Gasteiger partial charge in [-0.1, -0.05) is 27.2 Å². The molecule has 2 fully saturated rings. The normalized spacial score (nSPS) is 38.9. The second kappa shape index (κ2) is 3.54. The fourth-order valence-electron chi connectivity index (χ4n) is 2.24. The molecule has 0 aromatic carbocycles. The second-order valence-corrected chi connectivity index (χ2v) is 4.81. The number of carbonyl (C=O) groups excluding carboxylic acids is 1. The van der Waals surface area contributed by atoms with Gasteiger partial charge in [-0.2, -0.15) is 0 Å². The monoisotopic (exact) mass is 196 g/mol. The van der Waals surface area contributed by atoms with Crippen molar-refractivity contribution in [1.29, 1.82) is 0 Å². The fraction of sp³-hybridized carbons (Fsp3) is 0.909. The smallest absolute Gasteiger partial charge is 0.241 e. The zero-order valence-corrected chi connectivity index (χ0v) is 9.29. The maximum Gasteiger partial charge on any atom is 0.241 e. The highest BCUT2D eigenvalue weighted by Gasteiger charge is 2.46. The molecular formula is C11H20N2O. The van der Waals surface area contributed by atoms with Crippen LogP contribution in [0.2, 0.25) is 0 Å². The van der Waals surface area contributed by atoms with E-state index in [0.29, 0.717) is 17.9 Å². The van der Waals surface area contributed by atoms with Crippen LogP contribution in [0.25, 0.3) is 0 Å². The summed E-state index contributed by atoms with van der Waals surface area (Å²) in [7, 11) is 0. The Morgan fingerprint density at radius 2 is 2.29 bits per heavy atom. The van der Waals surface area contributed by atoms with Gasteiger partial charge in [0.05, 0.1) is 12.7 Å². The molecule has 1 N–H and O–H groups in total. The van der Waals surface area contributed by atoms with E-state index in [1.807, 2.05) is 4.90 Å². The lowest BCUT2D eigenvalue weighted by Gasteiger charge is -2.17. The third-order valence-corrected chi connectivity index (χ3v) is 3.71. The molecule has 1 aliphatic carbocycles. The number of rotatable bonds is 3. The van der Waals surface area contributed by atoms with Crippen LogP contribution >= 0.6 is 0 Å². The Morgan fingerprint density at radius 1 is 1.64 bits per heavy atom. The minimum absolute atomic E-state index is 0.0767. The summed E-state index contributed by atoms with van der Waals surface area (Å²) in [5.74, 6) is 1.51. The van der Waals surface area contributed by atoms with E-state index >= 15 is 0 Å². The first kappa shape index (κ1) is 9.97. The maximum absolute atomic E-state index is 12.0. The Kier molecular flexibility index (Phi) is 2.52. The number of hydrogen-bond acceptors (Lipinski definition) is 2. The molecule has 0 bridgehead atoms. The highest BCUT2D eigenvalue weighted by Crippen LogP contribution is 2.36. The lowest BCUT2D eigenvalue weighted by molar-refractivity contribution is -0.130. The van der Waals surface area contributed by atoms with Crippen LogP contribution in [-0.2, 0) is 4.79 Å². The Hall–Kier alpha value is -0.570. The van der Waals surface area contributed by atoms with Gasteiger partial charge in [0.1, 0.15) is 0 Å². The first-order valence-corrected chi connectivity index (χ1v) is 5.69. The zero-order valence-electron chi connectivity index (χ0n) is 9.29. The van der Waals surface area contributed by atoms with Crippen molar-refractivity contribution in [1.82, 2.24) is 10.2 Å². The summed E-state index contributed by atoms with van der Waals surface area (Å²) in [6, 6.07) is 0.608. The first-order valence-electron chi connectivity index (χ1n) is 5.69. The third kappa shape index (κ3) is 1.54. The van der Waals surface area contributed by atoms with Gasteiger partial charge in [-0.05, 0) is 18.3 Å². The van der Waals surface area contributed by atoms with Crippen LogP contribution in [0, 0.1) is 11.8 Å². The van der Waals surface area contributed by atoms with E-state index in [2.05, 4.69) is 26.1 Å². The molecule has 3 heteroatoms. The van der Waals surface area contributed by atoms with E-state index in [1.54, 1.807) is 0 Å². The number of hydrogen-bond donors (Lipinski definition) is 1. The average molecular weight is 196 g/mol. The number of nitrogens with one attached hydrogen (secondary N) is 1. The molecule has 14 heavy (non-hydrogen) atoms. The molecule has 4 atom stereocenters. The summed E-state index contributed by atoms with van der Waals surface area (Å²) in [5.41, 5.74) is 0. The van der Waals surface area contributed by atoms with Crippen molar-refractivity contribution in [2.24, 2.45) is 11.8 Å². The Bertz CT molecular complexity index is 227. The lowest BCUT2D eigenvalue weighted by atomic mass is 9.99. The standard InChI is InChI=1S/C11H20N2O/c1-4-7(2)10-11(14)13(6-12-10)9-5-8(9)3/h7-10,12H,4-6H2,1-3H3. The second-order valence-electron chi connectivity index (χ2n) is 4.81. The van der Waals surface area contributed by atoms with Gasteiger partial charge < -0.3 is 4.90 Å². The zero-order chi connectivity index (χ0) is 10.3. The topological polar surface area (TPSA) is 32.3 Å². The molecule has 1 saturated carbocycles. The Balaban J connectivity index is 1.96. The van der Waals surface area contributed by atoms with Gasteiger partial charge in [0, 0.05) is 6.04 Å². The van der Waals surface area contributed by atoms with Crippen molar-refractivity contribution in [3.63, 3.8) is 0 Å². The molecule has 3 nitrogen and oxygen atoms in total. The van der Waals surface area contributed by atoms with Gasteiger partial charge in [-0.25, -0.2) is 0 Å². The molecule has 1 aliphatic heterocycles. The van der Waals surface area contributed by atoms with E-state index in [-0.39, 0.29) is 6.04 Å². The summed E-state index contributed by atoms with van der Waals surface area (Å²) in [5, 5.41) is 3.33. The molecular weight excluding hydrogens is 176 g/mol. The maximum atomic E-state index is 12.0. The van der Waals surface area contributed by atoms with E-state index in [0.717, 1.165) is 19.0 Å². The molecule has 0 aromatic heterocycles. The van der Waals surface area contributed by atoms with E-state index in [1.165, 1.54) is 6.42 Å². The Morgan fingerprint density at radius 3 is 2.79 bits per heavy atom. The summed E-state index contributed by atoms with van der Waals surface area (Å²) in [6.07, 6.45) is 2.26. The van der Waals surface area contributed by atoms with Crippen LogP contribution < -0.4 is 5.32 Å². The predicted molar refractivity (Wildman–Crippen MR) is 55.7 cm³/mol. The first-order chi connectivity index (χ1) is 6.65. The van der Waals surface area contributed by atoms with Gasteiger partial charge in [-0.15, -0.1) is 0 Å². The molecule has 1 amide bonds. The van der Waals surface area contributed by atoms with E-state index < -0.39 is 0 Å². The van der Waals surface area contributed by atoms with E-state index in [9.17, 15) is 4.79 Å². The van der Waals surface area contributed by atoms with Crippen LogP contribution in [0.15, 0.2) is 0 Å². The minimum Gasteiger partial charge on any atom is -0.325 e. The van der Waals surface area contributed by atoms with Crippen LogP contribution in [0.1, 0.15) is 33.6 Å². The highest BCUT2D eigenvalue weighted by molar-refractivity contribution is 5.84. The van der Waals surface area contributed by atoms with Gasteiger partial charge in [0.2, 0.25) is 5.91 Å². The third-order valence-electron chi connectivity index (χ3n) is 3.71. The summed E-state index contributed by atoms with van der Waals surface area (Å²) >= 11 is 0. The van der Waals surface area contributed by atoms with Gasteiger partial charge in [-0.3, -0.25) is 10.1 Å². The number of amides is 1. The van der Waals surface area contributed by atoms with E-state index in [4.69, 9.17) is 0 Å². The van der Waals surface area contributed by atoms with Crippen molar-refractivity contribution in [3.8, 4) is 0 Å². The summed E-state index contributed by atoms with van der Waals surface area (Å²) in [6.45, 7) is 7.27. The Labute approximate surface area is 85.8 Å². The number of nitrogens with zero attached hydrogens (tertiary/aromatic N) is 1. The average Bonchev–Trinajstić information content (AvgIpc) is 2.75. The van der Waals surface area contributed by atoms with Gasteiger partial charge >= 0.3 is 0 Å². The molecule has 2 rings (SSSR count). The SMILES string of the molecule is CCC(C)C1NCN(C2CC2C)C1=O. The highest BCUT2D eigenvalue weighted by atomic mass is 16.2. The van der Waals surface area contributed by atoms with Crippen LogP contribution in [0.3, 0.4) is 0 Å². The minimum atomic E-state index is 0.0767. The van der Waals surface area contributed by atoms with Crippen LogP contribution in [0.4, 0.5) is 0 Å². The lowest BCUT2D eigenvalue weighted by Crippen LogP contribution is -2.36. The van der Waals surface area contributed by atoms with Gasteiger partial charge in [0.15, 0.2) is 0 Å². The van der Waals surface area contributed by atoms with Crippen molar-refractivity contribution in [2.75, 3.05) is 6.67 Å². The molecule has 80 valence electrons.